The van der Waals surface area contributed by atoms with Crippen molar-refractivity contribution >= 4 is 6.16 Å². The zero-order chi connectivity index (χ0) is 23.1. The van der Waals surface area contributed by atoms with E-state index in [9.17, 15) is 9.90 Å². The van der Waals surface area contributed by atoms with Gasteiger partial charge in [-0.25, -0.2) is 4.79 Å². The van der Waals surface area contributed by atoms with Crippen molar-refractivity contribution in [1.29, 1.82) is 0 Å². The molecule has 3 saturated carbocycles. The highest BCUT2D eigenvalue weighted by Crippen LogP contribution is 2.64. The first kappa shape index (κ1) is 24.1. The molecule has 4 rings (SSSR count). The van der Waals surface area contributed by atoms with Crippen molar-refractivity contribution in [3.8, 4) is 0 Å². The highest BCUT2D eigenvalue weighted by atomic mass is 16.7. The smallest absolute Gasteiger partial charge is 0.431 e. The molecule has 182 valence electrons. The minimum atomic E-state index is -0.501. The molecule has 4 aliphatic carbocycles. The number of nitrogens with zero attached hydrogens (tertiary/aromatic N) is 1. The van der Waals surface area contributed by atoms with Crippen LogP contribution in [0.15, 0.2) is 11.6 Å². The molecule has 3 fully saturated rings. The van der Waals surface area contributed by atoms with E-state index in [0.717, 1.165) is 62.6 Å². The summed E-state index contributed by atoms with van der Waals surface area (Å²) in [6, 6.07) is 0. The average Bonchev–Trinajstić information content (AvgIpc) is 3.10. The van der Waals surface area contributed by atoms with Crippen molar-refractivity contribution in [2.45, 2.75) is 98.2 Å². The fourth-order valence-electron chi connectivity index (χ4n) is 8.00. The molecule has 0 radical (unpaired) electrons. The summed E-state index contributed by atoms with van der Waals surface area (Å²) >= 11 is 0. The highest BCUT2D eigenvalue weighted by Gasteiger charge is 2.58. The lowest BCUT2D eigenvalue weighted by molar-refractivity contribution is -0.939. The van der Waals surface area contributed by atoms with Gasteiger partial charge in [0.05, 0.1) is 25.7 Å². The van der Waals surface area contributed by atoms with Gasteiger partial charge in [0, 0.05) is 6.42 Å². The molecule has 0 aromatic rings. The Morgan fingerprint density at radius 3 is 2.47 bits per heavy atom. The van der Waals surface area contributed by atoms with E-state index in [1.54, 1.807) is 0 Å². The molecule has 1 N–H and O–H groups in total. The molecule has 0 aromatic heterocycles. The van der Waals surface area contributed by atoms with Crippen molar-refractivity contribution < 1.29 is 23.9 Å². The van der Waals surface area contributed by atoms with Crippen molar-refractivity contribution in [2.24, 2.45) is 28.6 Å². The highest BCUT2D eigenvalue weighted by molar-refractivity contribution is 5.60. The number of rotatable bonds is 6. The summed E-state index contributed by atoms with van der Waals surface area (Å²) in [5, 5.41) is 10.7. The van der Waals surface area contributed by atoms with E-state index in [1.165, 1.54) is 18.4 Å². The van der Waals surface area contributed by atoms with Gasteiger partial charge in [-0.1, -0.05) is 25.5 Å². The second-order valence-corrected chi connectivity index (χ2v) is 11.7. The third-order valence-corrected chi connectivity index (χ3v) is 10.7. The van der Waals surface area contributed by atoms with Gasteiger partial charge in [-0.2, -0.15) is 0 Å². The van der Waals surface area contributed by atoms with Gasteiger partial charge in [0.2, 0.25) is 6.73 Å². The summed E-state index contributed by atoms with van der Waals surface area (Å²) in [6.07, 6.45) is 10.3. The van der Waals surface area contributed by atoms with Crippen LogP contribution in [-0.4, -0.2) is 54.3 Å². The van der Waals surface area contributed by atoms with Gasteiger partial charge in [-0.15, -0.1) is 0 Å². The molecule has 0 bridgehead atoms. The Kier molecular flexibility index (Phi) is 6.72. The van der Waals surface area contributed by atoms with Crippen LogP contribution in [0.4, 0.5) is 4.79 Å². The van der Waals surface area contributed by atoms with Gasteiger partial charge in [-0.05, 0) is 94.3 Å². The third-order valence-electron chi connectivity index (χ3n) is 10.7. The van der Waals surface area contributed by atoms with Gasteiger partial charge in [0.25, 0.3) is 0 Å². The first-order valence-electron chi connectivity index (χ1n) is 13.3. The minimum Gasteiger partial charge on any atom is -0.431 e. The SMILES string of the molecule is CC[N+](CC)(CC)COC(=O)O[C@H]1CC[C@@]2(C)C(=CC[C@@H]3[C@@H]2CC[C@]2(C)C(O)CC[C@@H]32)C1. The predicted molar refractivity (Wildman–Crippen MR) is 126 cm³/mol. The molecule has 5 nitrogen and oxygen atoms in total. The van der Waals surface area contributed by atoms with E-state index in [4.69, 9.17) is 9.47 Å². The standard InChI is InChI=1S/C27H46NO4/c1-6-28(7-2,8-3)18-31-25(30)32-20-13-15-26(4)19(17-20)9-10-21-22-11-12-24(29)27(22,5)16-14-23(21)26/h9,20-24,29H,6-8,10-18H2,1-5H3/q+1/t20-,21-,22-,23-,24?,26-,27-/m0/s1. The third kappa shape index (κ3) is 3.91. The number of hydrogen-bond acceptors (Lipinski definition) is 4. The number of aliphatic hydroxyl groups excluding tert-OH is 1. The largest absolute Gasteiger partial charge is 0.512 e. The zero-order valence-corrected chi connectivity index (χ0v) is 21.1. The number of allylic oxidation sites excluding steroid dienone is 1. The van der Waals surface area contributed by atoms with Crippen LogP contribution < -0.4 is 0 Å². The van der Waals surface area contributed by atoms with Crippen LogP contribution in [0.3, 0.4) is 0 Å². The van der Waals surface area contributed by atoms with E-state index in [1.807, 2.05) is 0 Å². The number of fused-ring (bicyclic) bond motifs is 5. The molecule has 0 aromatic carbocycles. The lowest BCUT2D eigenvalue weighted by Gasteiger charge is -2.57. The Labute approximate surface area is 195 Å². The summed E-state index contributed by atoms with van der Waals surface area (Å²) < 4.78 is 12.1. The van der Waals surface area contributed by atoms with E-state index >= 15 is 0 Å². The molecule has 0 amide bonds. The van der Waals surface area contributed by atoms with Gasteiger partial charge in [0.1, 0.15) is 6.10 Å². The van der Waals surface area contributed by atoms with Gasteiger partial charge < -0.3 is 14.6 Å². The van der Waals surface area contributed by atoms with E-state index in [-0.39, 0.29) is 23.0 Å². The molecule has 0 saturated heterocycles. The van der Waals surface area contributed by atoms with Crippen LogP contribution in [0.5, 0.6) is 0 Å². The first-order valence-corrected chi connectivity index (χ1v) is 13.3. The summed E-state index contributed by atoms with van der Waals surface area (Å²) in [5.41, 5.74) is 1.85. The fourth-order valence-corrected chi connectivity index (χ4v) is 8.00. The van der Waals surface area contributed by atoms with E-state index in [0.29, 0.717) is 24.5 Å². The Morgan fingerprint density at radius 1 is 1.06 bits per heavy atom. The second-order valence-electron chi connectivity index (χ2n) is 11.7. The lowest BCUT2D eigenvalue weighted by atomic mass is 9.48. The molecule has 5 heteroatoms. The maximum absolute atomic E-state index is 12.5. The Balaban J connectivity index is 1.38. The van der Waals surface area contributed by atoms with Crippen LogP contribution in [0.25, 0.3) is 0 Å². The Morgan fingerprint density at radius 2 is 1.78 bits per heavy atom. The summed E-state index contributed by atoms with van der Waals surface area (Å²) in [6.45, 7) is 14.5. The maximum atomic E-state index is 12.5. The molecule has 32 heavy (non-hydrogen) atoms. The molecule has 0 heterocycles. The van der Waals surface area contributed by atoms with Crippen LogP contribution >= 0.6 is 0 Å². The number of ether oxygens (including phenoxy) is 2. The topological polar surface area (TPSA) is 55.8 Å². The zero-order valence-electron chi connectivity index (χ0n) is 21.1. The Hall–Kier alpha value is -1.07. The maximum Gasteiger partial charge on any atom is 0.512 e. The van der Waals surface area contributed by atoms with Gasteiger partial charge >= 0.3 is 6.16 Å². The normalized spacial score (nSPS) is 41.2. The number of carbonyl (C=O) groups excluding carboxylic acids is 1. The number of aliphatic hydroxyl groups is 1. The van der Waals surface area contributed by atoms with Gasteiger partial charge in [-0.3, -0.25) is 4.48 Å². The van der Waals surface area contributed by atoms with Crippen molar-refractivity contribution in [3.63, 3.8) is 0 Å². The van der Waals surface area contributed by atoms with E-state index < -0.39 is 6.16 Å². The minimum absolute atomic E-state index is 0.0627. The second kappa shape index (κ2) is 8.94. The van der Waals surface area contributed by atoms with E-state index in [2.05, 4.69) is 40.7 Å². The molecule has 0 spiro atoms. The first-order chi connectivity index (χ1) is 15.2. The molecular formula is C27H46NO4+. The van der Waals surface area contributed by atoms with Crippen molar-refractivity contribution in [2.75, 3.05) is 26.4 Å². The van der Waals surface area contributed by atoms with Gasteiger partial charge in [0.15, 0.2) is 0 Å². The Bertz CT molecular complexity index is 723. The van der Waals surface area contributed by atoms with Crippen molar-refractivity contribution in [1.82, 2.24) is 0 Å². The fraction of sp³-hybridized carbons (Fsp3) is 0.889. The molecule has 1 unspecified atom stereocenters. The predicted octanol–water partition coefficient (Wildman–Crippen LogP) is 5.67. The molecule has 0 aliphatic heterocycles. The van der Waals surface area contributed by atoms with Crippen molar-refractivity contribution in [3.05, 3.63) is 11.6 Å². The molecular weight excluding hydrogens is 402 g/mol. The number of quaternary nitrogens is 1. The summed E-state index contributed by atoms with van der Waals surface area (Å²) in [4.78, 5) is 12.5. The number of hydrogen-bond donors (Lipinski definition) is 1. The van der Waals surface area contributed by atoms with Crippen LogP contribution in [-0.2, 0) is 9.47 Å². The lowest BCUT2D eigenvalue weighted by Crippen LogP contribution is -2.51. The molecule has 4 aliphatic rings. The summed E-state index contributed by atoms with van der Waals surface area (Å²) in [7, 11) is 0. The summed E-state index contributed by atoms with van der Waals surface area (Å²) in [5.74, 6) is 2.06. The quantitative estimate of drug-likeness (QED) is 0.246. The number of carbonyl (C=O) groups is 1. The van der Waals surface area contributed by atoms with Crippen LogP contribution in [0.1, 0.15) is 86.0 Å². The monoisotopic (exact) mass is 448 g/mol. The average molecular weight is 449 g/mol. The van der Waals surface area contributed by atoms with Crippen LogP contribution in [0.2, 0.25) is 0 Å². The molecule has 7 atom stereocenters. The van der Waals surface area contributed by atoms with Crippen LogP contribution in [0, 0.1) is 28.6 Å².